The summed E-state index contributed by atoms with van der Waals surface area (Å²) in [7, 11) is 0. The van der Waals surface area contributed by atoms with Crippen molar-refractivity contribution < 1.29 is 14.3 Å². The molecule has 0 aliphatic carbocycles. The third-order valence-electron chi connectivity index (χ3n) is 4.98. The third-order valence-corrected chi connectivity index (χ3v) is 4.98. The van der Waals surface area contributed by atoms with Gasteiger partial charge in [0.15, 0.2) is 0 Å². The maximum Gasteiger partial charge on any atom is 0.270 e. The summed E-state index contributed by atoms with van der Waals surface area (Å²) < 4.78 is 13.3. The first-order valence-electron chi connectivity index (χ1n) is 10.0. The van der Waals surface area contributed by atoms with E-state index in [2.05, 4.69) is 29.0 Å². The molecular weight excluding hydrogens is 370 g/mol. The topological polar surface area (TPSA) is 85.3 Å². The highest BCUT2D eigenvalue weighted by Gasteiger charge is 2.25. The average molecular weight is 397 g/mol. The summed E-state index contributed by atoms with van der Waals surface area (Å²) in [4.78, 5) is 19.4. The van der Waals surface area contributed by atoms with Gasteiger partial charge in [0.05, 0.1) is 30.2 Å². The quantitative estimate of drug-likeness (QED) is 0.714. The SMILES string of the molecule is CC(C)Oc1nccc2[nH]nc(-c3cc(C(=O)N4CCOCC4)n(C(C)C)c3)c12. The van der Waals surface area contributed by atoms with Crippen molar-refractivity contribution in [1.29, 1.82) is 0 Å². The fourth-order valence-electron chi connectivity index (χ4n) is 3.59. The molecule has 1 saturated heterocycles. The Hall–Kier alpha value is -2.87. The smallest absolute Gasteiger partial charge is 0.270 e. The first-order valence-corrected chi connectivity index (χ1v) is 10.0. The standard InChI is InChI=1S/C21H27N5O3/c1-13(2)26-12-15(11-17(26)21(27)25-7-9-28-10-8-25)19-18-16(23-24-19)5-6-22-20(18)29-14(3)4/h5-6,11-14H,7-10H2,1-4H3,(H,23,24). The number of H-pyrrole nitrogens is 1. The molecule has 0 unspecified atom stereocenters. The molecule has 8 nitrogen and oxygen atoms in total. The highest BCUT2D eigenvalue weighted by atomic mass is 16.5. The summed E-state index contributed by atoms with van der Waals surface area (Å²) in [6.07, 6.45) is 3.68. The van der Waals surface area contributed by atoms with Crippen molar-refractivity contribution in [2.45, 2.75) is 39.8 Å². The minimum absolute atomic E-state index is 0.00503. The molecular formula is C21H27N5O3. The Morgan fingerprint density at radius 2 is 2.00 bits per heavy atom. The number of ether oxygens (including phenoxy) is 2. The van der Waals surface area contributed by atoms with Gasteiger partial charge in [-0.2, -0.15) is 5.10 Å². The minimum atomic E-state index is -0.00503. The molecule has 4 heterocycles. The van der Waals surface area contributed by atoms with Gasteiger partial charge in [-0.15, -0.1) is 0 Å². The van der Waals surface area contributed by atoms with Gasteiger partial charge in [-0.05, 0) is 39.8 Å². The van der Waals surface area contributed by atoms with Crippen LogP contribution in [0.3, 0.4) is 0 Å². The Morgan fingerprint density at radius 3 is 2.69 bits per heavy atom. The third kappa shape index (κ3) is 3.72. The lowest BCUT2D eigenvalue weighted by Gasteiger charge is -2.27. The molecule has 0 radical (unpaired) electrons. The van der Waals surface area contributed by atoms with Gasteiger partial charge in [0.1, 0.15) is 11.4 Å². The largest absolute Gasteiger partial charge is 0.474 e. The zero-order valence-corrected chi connectivity index (χ0v) is 17.3. The van der Waals surface area contributed by atoms with E-state index >= 15 is 0 Å². The molecule has 1 amide bonds. The van der Waals surface area contributed by atoms with Crippen LogP contribution in [-0.2, 0) is 4.74 Å². The van der Waals surface area contributed by atoms with Crippen molar-refractivity contribution in [3.63, 3.8) is 0 Å². The van der Waals surface area contributed by atoms with E-state index in [4.69, 9.17) is 9.47 Å². The van der Waals surface area contributed by atoms with E-state index in [1.807, 2.05) is 41.6 Å². The van der Waals surface area contributed by atoms with Gasteiger partial charge in [-0.3, -0.25) is 9.89 Å². The number of pyridine rings is 1. The zero-order chi connectivity index (χ0) is 20.5. The Bertz CT molecular complexity index is 1010. The van der Waals surface area contributed by atoms with Crippen LogP contribution in [0, 0.1) is 0 Å². The van der Waals surface area contributed by atoms with Gasteiger partial charge >= 0.3 is 0 Å². The van der Waals surface area contributed by atoms with Gasteiger partial charge in [0.2, 0.25) is 5.88 Å². The number of hydrogen-bond acceptors (Lipinski definition) is 5. The summed E-state index contributed by atoms with van der Waals surface area (Å²) in [6.45, 7) is 10.4. The van der Waals surface area contributed by atoms with Gasteiger partial charge in [-0.25, -0.2) is 4.98 Å². The molecule has 1 N–H and O–H groups in total. The van der Waals surface area contributed by atoms with Crippen LogP contribution in [0.5, 0.6) is 5.88 Å². The van der Waals surface area contributed by atoms with Crippen molar-refractivity contribution in [3.8, 4) is 17.1 Å². The van der Waals surface area contributed by atoms with Crippen molar-refractivity contribution in [2.75, 3.05) is 26.3 Å². The highest BCUT2D eigenvalue weighted by molar-refractivity contribution is 5.99. The fraction of sp³-hybridized carbons (Fsp3) is 0.476. The summed E-state index contributed by atoms with van der Waals surface area (Å²) in [5.74, 6) is 0.560. The summed E-state index contributed by atoms with van der Waals surface area (Å²) in [5.41, 5.74) is 3.11. The number of aromatic amines is 1. The predicted molar refractivity (Wildman–Crippen MR) is 110 cm³/mol. The number of amides is 1. The molecule has 0 spiro atoms. The van der Waals surface area contributed by atoms with Crippen molar-refractivity contribution in [3.05, 3.63) is 30.2 Å². The molecule has 0 atom stereocenters. The Morgan fingerprint density at radius 1 is 1.24 bits per heavy atom. The molecule has 0 aromatic carbocycles. The van der Waals surface area contributed by atoms with Crippen LogP contribution in [0.15, 0.2) is 24.5 Å². The van der Waals surface area contributed by atoms with Gasteiger partial charge in [0, 0.05) is 37.1 Å². The lowest BCUT2D eigenvalue weighted by Crippen LogP contribution is -2.41. The average Bonchev–Trinajstić information content (AvgIpc) is 3.32. The lowest BCUT2D eigenvalue weighted by molar-refractivity contribution is 0.0295. The Labute approximate surface area is 169 Å². The molecule has 0 saturated carbocycles. The van der Waals surface area contributed by atoms with Crippen LogP contribution in [0.1, 0.15) is 44.2 Å². The molecule has 4 rings (SSSR count). The number of carbonyl (C=O) groups excluding carboxylic acids is 1. The first-order chi connectivity index (χ1) is 14.0. The summed E-state index contributed by atoms with van der Waals surface area (Å²) in [5, 5.41) is 8.40. The van der Waals surface area contributed by atoms with E-state index < -0.39 is 0 Å². The molecule has 3 aromatic heterocycles. The van der Waals surface area contributed by atoms with E-state index in [1.165, 1.54) is 0 Å². The second kappa shape index (κ2) is 7.87. The van der Waals surface area contributed by atoms with Crippen molar-refractivity contribution in [2.24, 2.45) is 0 Å². The minimum Gasteiger partial charge on any atom is -0.474 e. The number of carbonyl (C=O) groups is 1. The van der Waals surface area contributed by atoms with E-state index in [0.29, 0.717) is 37.9 Å². The van der Waals surface area contributed by atoms with Gasteiger partial charge < -0.3 is 18.9 Å². The molecule has 29 heavy (non-hydrogen) atoms. The van der Waals surface area contributed by atoms with Gasteiger partial charge in [0.25, 0.3) is 5.91 Å². The molecule has 0 bridgehead atoms. The second-order valence-corrected chi connectivity index (χ2v) is 7.80. The number of hydrogen-bond donors (Lipinski definition) is 1. The Kier molecular flexibility index (Phi) is 5.27. The van der Waals surface area contributed by atoms with Crippen LogP contribution in [-0.4, -0.2) is 63.0 Å². The molecule has 1 fully saturated rings. The van der Waals surface area contributed by atoms with Crippen LogP contribution in [0.25, 0.3) is 22.2 Å². The molecule has 1 aliphatic rings. The lowest BCUT2D eigenvalue weighted by atomic mass is 10.1. The maximum absolute atomic E-state index is 13.2. The monoisotopic (exact) mass is 397 g/mol. The summed E-state index contributed by atoms with van der Waals surface area (Å²) >= 11 is 0. The van der Waals surface area contributed by atoms with E-state index in [9.17, 15) is 4.79 Å². The fourth-order valence-corrected chi connectivity index (χ4v) is 3.59. The van der Waals surface area contributed by atoms with E-state index in [0.717, 1.165) is 22.2 Å². The number of nitrogens with zero attached hydrogens (tertiary/aromatic N) is 4. The van der Waals surface area contributed by atoms with Crippen molar-refractivity contribution in [1.82, 2.24) is 24.6 Å². The summed E-state index contributed by atoms with van der Waals surface area (Å²) in [6, 6.07) is 3.93. The van der Waals surface area contributed by atoms with Crippen LogP contribution in [0.4, 0.5) is 0 Å². The van der Waals surface area contributed by atoms with Crippen molar-refractivity contribution >= 4 is 16.8 Å². The number of nitrogens with one attached hydrogen (secondary N) is 1. The maximum atomic E-state index is 13.2. The predicted octanol–water partition coefficient (Wildman–Crippen LogP) is 3.27. The highest BCUT2D eigenvalue weighted by Crippen LogP contribution is 2.34. The van der Waals surface area contributed by atoms with E-state index in [-0.39, 0.29) is 18.1 Å². The number of aromatic nitrogens is 4. The molecule has 1 aliphatic heterocycles. The molecule has 8 heteroatoms. The van der Waals surface area contributed by atoms with Crippen LogP contribution in [0.2, 0.25) is 0 Å². The Balaban J connectivity index is 1.79. The number of morpholine rings is 1. The zero-order valence-electron chi connectivity index (χ0n) is 17.3. The second-order valence-electron chi connectivity index (χ2n) is 7.80. The number of fused-ring (bicyclic) bond motifs is 1. The van der Waals surface area contributed by atoms with Gasteiger partial charge in [-0.1, -0.05) is 0 Å². The molecule has 154 valence electrons. The normalized spacial score (nSPS) is 14.9. The van der Waals surface area contributed by atoms with Crippen LogP contribution >= 0.6 is 0 Å². The first kappa shape index (κ1) is 19.4. The number of rotatable bonds is 5. The molecule has 3 aromatic rings. The van der Waals surface area contributed by atoms with Crippen LogP contribution < -0.4 is 4.74 Å². The van der Waals surface area contributed by atoms with E-state index in [1.54, 1.807) is 6.20 Å².